The first-order chi connectivity index (χ1) is 14.0. The number of halogens is 1. The van der Waals surface area contributed by atoms with Crippen LogP contribution in [0, 0.1) is 6.92 Å². The van der Waals surface area contributed by atoms with E-state index in [9.17, 15) is 9.59 Å². The van der Waals surface area contributed by atoms with Crippen LogP contribution >= 0.6 is 11.6 Å². The lowest BCUT2D eigenvalue weighted by molar-refractivity contribution is -0.124. The van der Waals surface area contributed by atoms with Gasteiger partial charge in [0.2, 0.25) is 5.91 Å². The van der Waals surface area contributed by atoms with Gasteiger partial charge in [-0.1, -0.05) is 41.4 Å². The molecule has 29 heavy (non-hydrogen) atoms. The summed E-state index contributed by atoms with van der Waals surface area (Å²) in [5.74, 6) is 0.536. The Morgan fingerprint density at radius 2 is 1.45 bits per heavy atom. The molecule has 2 aromatic carbocycles. The van der Waals surface area contributed by atoms with Crippen molar-refractivity contribution in [1.29, 1.82) is 0 Å². The molecule has 3 rings (SSSR count). The monoisotopic (exact) mass is 414 g/mol. The third-order valence-corrected chi connectivity index (χ3v) is 5.38. The van der Waals surface area contributed by atoms with Crippen molar-refractivity contribution in [2.75, 3.05) is 6.61 Å². The van der Waals surface area contributed by atoms with Gasteiger partial charge in [0.05, 0.1) is 6.42 Å². The first-order valence-electron chi connectivity index (χ1n) is 10.0. The van der Waals surface area contributed by atoms with Crippen LogP contribution in [-0.2, 0) is 16.0 Å². The number of benzene rings is 2. The Hall–Kier alpha value is -2.53. The minimum Gasteiger partial charge on any atom is -0.484 e. The molecule has 0 bridgehead atoms. The molecule has 0 radical (unpaired) electrons. The summed E-state index contributed by atoms with van der Waals surface area (Å²) >= 11 is 5.83. The van der Waals surface area contributed by atoms with Gasteiger partial charge in [0.25, 0.3) is 5.91 Å². The highest BCUT2D eigenvalue weighted by atomic mass is 35.5. The smallest absolute Gasteiger partial charge is 0.258 e. The lowest BCUT2D eigenvalue weighted by Crippen LogP contribution is -2.45. The fourth-order valence-corrected chi connectivity index (χ4v) is 3.63. The molecule has 6 heteroatoms. The molecule has 1 aliphatic rings. The molecule has 0 spiro atoms. The second-order valence-electron chi connectivity index (χ2n) is 7.59. The van der Waals surface area contributed by atoms with Gasteiger partial charge in [-0.15, -0.1) is 0 Å². The standard InChI is InChI=1S/C23H27ClN2O3/c1-16-2-4-17(5-3-16)14-22(27)25-19-8-10-20(11-9-19)26-23(28)15-29-21-12-6-18(24)7-13-21/h2-7,12-13,19-20H,8-11,14-15H2,1H3,(H,25,27)(H,26,28)/t19-,20-. The highest BCUT2D eigenvalue weighted by Crippen LogP contribution is 2.19. The quantitative estimate of drug-likeness (QED) is 0.723. The van der Waals surface area contributed by atoms with Gasteiger partial charge in [0, 0.05) is 17.1 Å². The van der Waals surface area contributed by atoms with Gasteiger partial charge < -0.3 is 15.4 Å². The van der Waals surface area contributed by atoms with Gasteiger partial charge in [-0.25, -0.2) is 0 Å². The summed E-state index contributed by atoms with van der Waals surface area (Å²) in [7, 11) is 0. The first-order valence-corrected chi connectivity index (χ1v) is 10.4. The summed E-state index contributed by atoms with van der Waals surface area (Å²) < 4.78 is 5.47. The van der Waals surface area contributed by atoms with Gasteiger partial charge in [0.15, 0.2) is 6.61 Å². The average Bonchev–Trinajstić information content (AvgIpc) is 2.71. The zero-order valence-electron chi connectivity index (χ0n) is 16.6. The van der Waals surface area contributed by atoms with Crippen LogP contribution in [-0.4, -0.2) is 30.5 Å². The van der Waals surface area contributed by atoms with Crippen LogP contribution in [0.25, 0.3) is 0 Å². The summed E-state index contributed by atoms with van der Waals surface area (Å²) in [6.45, 7) is 2.01. The van der Waals surface area contributed by atoms with E-state index in [0.29, 0.717) is 17.2 Å². The van der Waals surface area contributed by atoms with E-state index in [2.05, 4.69) is 10.6 Å². The molecular formula is C23H27ClN2O3. The molecule has 2 amide bonds. The molecule has 0 atom stereocenters. The molecule has 2 aromatic rings. The van der Waals surface area contributed by atoms with Gasteiger partial charge in [-0.3, -0.25) is 9.59 Å². The molecule has 0 saturated heterocycles. The van der Waals surface area contributed by atoms with Crippen molar-refractivity contribution in [3.63, 3.8) is 0 Å². The van der Waals surface area contributed by atoms with Crippen molar-refractivity contribution >= 4 is 23.4 Å². The van der Waals surface area contributed by atoms with Crippen LogP contribution in [0.5, 0.6) is 5.75 Å². The highest BCUT2D eigenvalue weighted by molar-refractivity contribution is 6.30. The number of hydrogen-bond acceptors (Lipinski definition) is 3. The number of hydrogen-bond donors (Lipinski definition) is 2. The van der Waals surface area contributed by atoms with E-state index in [1.54, 1.807) is 24.3 Å². The van der Waals surface area contributed by atoms with Gasteiger partial charge in [-0.2, -0.15) is 0 Å². The van der Waals surface area contributed by atoms with E-state index in [0.717, 1.165) is 31.2 Å². The number of nitrogens with one attached hydrogen (secondary N) is 2. The second kappa shape index (κ2) is 10.3. The Morgan fingerprint density at radius 3 is 2.03 bits per heavy atom. The van der Waals surface area contributed by atoms with Crippen LogP contribution in [0.2, 0.25) is 5.02 Å². The van der Waals surface area contributed by atoms with Crippen LogP contribution < -0.4 is 15.4 Å². The van der Waals surface area contributed by atoms with Gasteiger partial charge in [0.1, 0.15) is 5.75 Å². The van der Waals surface area contributed by atoms with Crippen LogP contribution in [0.1, 0.15) is 36.8 Å². The van der Waals surface area contributed by atoms with E-state index in [1.165, 1.54) is 5.56 Å². The maximum absolute atomic E-state index is 12.3. The third kappa shape index (κ3) is 7.09. The molecule has 0 aliphatic heterocycles. The molecular weight excluding hydrogens is 388 g/mol. The number of aryl methyl sites for hydroxylation is 1. The minimum atomic E-state index is -0.133. The van der Waals surface area contributed by atoms with Crippen molar-refractivity contribution in [1.82, 2.24) is 10.6 Å². The minimum absolute atomic E-state index is 0.0190. The summed E-state index contributed by atoms with van der Waals surface area (Å²) in [5.41, 5.74) is 2.21. The maximum atomic E-state index is 12.3. The van der Waals surface area contributed by atoms with Crippen LogP contribution in [0.15, 0.2) is 48.5 Å². The SMILES string of the molecule is Cc1ccc(CC(=O)N[C@H]2CC[C@H](NC(=O)COc3ccc(Cl)cc3)CC2)cc1. The van der Waals surface area contributed by atoms with Gasteiger partial charge in [-0.05, 0) is 62.4 Å². The molecule has 1 saturated carbocycles. The second-order valence-corrected chi connectivity index (χ2v) is 8.02. The number of carbonyl (C=O) groups excluding carboxylic acids is 2. The number of carbonyl (C=O) groups is 2. The van der Waals surface area contributed by atoms with E-state index in [-0.39, 0.29) is 30.5 Å². The summed E-state index contributed by atoms with van der Waals surface area (Å²) in [5, 5.41) is 6.77. The Morgan fingerprint density at radius 1 is 0.897 bits per heavy atom. The Bertz CT molecular complexity index is 813. The Labute approximate surface area is 176 Å². The van der Waals surface area contributed by atoms with Crippen molar-refractivity contribution in [2.45, 2.75) is 51.1 Å². The zero-order valence-corrected chi connectivity index (χ0v) is 17.4. The topological polar surface area (TPSA) is 67.4 Å². The fourth-order valence-electron chi connectivity index (χ4n) is 3.50. The van der Waals surface area contributed by atoms with E-state index in [4.69, 9.17) is 16.3 Å². The normalized spacial score (nSPS) is 18.7. The molecule has 1 aliphatic carbocycles. The molecule has 2 N–H and O–H groups in total. The van der Waals surface area contributed by atoms with E-state index in [1.807, 2.05) is 31.2 Å². The molecule has 0 unspecified atom stereocenters. The molecule has 1 fully saturated rings. The molecule has 0 aromatic heterocycles. The molecule has 5 nitrogen and oxygen atoms in total. The van der Waals surface area contributed by atoms with Crippen molar-refractivity contribution < 1.29 is 14.3 Å². The average molecular weight is 415 g/mol. The van der Waals surface area contributed by atoms with Crippen LogP contribution in [0.4, 0.5) is 0 Å². The first kappa shape index (κ1) is 21.2. The predicted molar refractivity (Wildman–Crippen MR) is 114 cm³/mol. The van der Waals surface area contributed by atoms with E-state index < -0.39 is 0 Å². The van der Waals surface area contributed by atoms with E-state index >= 15 is 0 Å². The Balaban J connectivity index is 1.34. The Kier molecular flexibility index (Phi) is 7.53. The number of ether oxygens (including phenoxy) is 1. The van der Waals surface area contributed by atoms with Crippen molar-refractivity contribution in [2.24, 2.45) is 0 Å². The zero-order chi connectivity index (χ0) is 20.6. The fraction of sp³-hybridized carbons (Fsp3) is 0.391. The summed E-state index contributed by atoms with van der Waals surface area (Å²) in [6.07, 6.45) is 3.83. The molecule has 0 heterocycles. The van der Waals surface area contributed by atoms with Crippen molar-refractivity contribution in [3.8, 4) is 5.75 Å². The summed E-state index contributed by atoms with van der Waals surface area (Å²) in [4.78, 5) is 24.4. The van der Waals surface area contributed by atoms with Crippen molar-refractivity contribution in [3.05, 3.63) is 64.7 Å². The lowest BCUT2D eigenvalue weighted by atomic mass is 9.91. The number of amides is 2. The number of rotatable bonds is 7. The predicted octanol–water partition coefficient (Wildman–Crippen LogP) is 3.81. The van der Waals surface area contributed by atoms with Crippen LogP contribution in [0.3, 0.4) is 0 Å². The highest BCUT2D eigenvalue weighted by Gasteiger charge is 2.23. The summed E-state index contributed by atoms with van der Waals surface area (Å²) in [6, 6.07) is 15.3. The molecule has 154 valence electrons. The lowest BCUT2D eigenvalue weighted by Gasteiger charge is -2.29. The third-order valence-electron chi connectivity index (χ3n) is 5.13. The van der Waals surface area contributed by atoms with Gasteiger partial charge >= 0.3 is 0 Å². The largest absolute Gasteiger partial charge is 0.484 e. The maximum Gasteiger partial charge on any atom is 0.258 e.